The second kappa shape index (κ2) is 7.41. The molecule has 1 aliphatic rings. The van der Waals surface area contributed by atoms with Gasteiger partial charge in [-0.3, -0.25) is 4.79 Å². The lowest BCUT2D eigenvalue weighted by Crippen LogP contribution is -2.27. The lowest BCUT2D eigenvalue weighted by Gasteiger charge is -2.28. The van der Waals surface area contributed by atoms with E-state index in [1.165, 1.54) is 25.7 Å². The predicted octanol–water partition coefficient (Wildman–Crippen LogP) is 4.56. The SMILES string of the molecule is CC1CCCC(SC(C)C(=O)Nc2cc(Cl)ccc2N)C1. The summed E-state index contributed by atoms with van der Waals surface area (Å²) in [5.41, 5.74) is 6.99. The summed E-state index contributed by atoms with van der Waals surface area (Å²) in [5, 5.41) is 3.96. The Hall–Kier alpha value is -0.870. The molecule has 1 amide bonds. The monoisotopic (exact) mass is 326 g/mol. The summed E-state index contributed by atoms with van der Waals surface area (Å²) in [6.45, 7) is 4.25. The Morgan fingerprint density at radius 2 is 2.24 bits per heavy atom. The number of halogens is 1. The zero-order chi connectivity index (χ0) is 15.4. The lowest BCUT2D eigenvalue weighted by atomic mass is 9.91. The molecule has 0 spiro atoms. The van der Waals surface area contributed by atoms with Crippen LogP contribution in [0.4, 0.5) is 11.4 Å². The Morgan fingerprint density at radius 3 is 2.95 bits per heavy atom. The number of hydrogen-bond acceptors (Lipinski definition) is 3. The third-order valence-corrected chi connectivity index (χ3v) is 5.60. The van der Waals surface area contributed by atoms with Gasteiger partial charge in [0.1, 0.15) is 0 Å². The Morgan fingerprint density at radius 1 is 1.48 bits per heavy atom. The van der Waals surface area contributed by atoms with E-state index in [0.29, 0.717) is 21.6 Å². The molecule has 1 aromatic rings. The minimum Gasteiger partial charge on any atom is -0.397 e. The zero-order valence-corrected chi connectivity index (χ0v) is 14.1. The van der Waals surface area contributed by atoms with Crippen molar-refractivity contribution >= 4 is 40.6 Å². The average molecular weight is 327 g/mol. The fraction of sp³-hybridized carbons (Fsp3) is 0.562. The quantitative estimate of drug-likeness (QED) is 0.797. The first-order valence-corrected chi connectivity index (χ1v) is 8.79. The predicted molar refractivity (Wildman–Crippen MR) is 93.0 cm³/mol. The van der Waals surface area contributed by atoms with Crippen molar-refractivity contribution in [3.8, 4) is 0 Å². The minimum atomic E-state index is -0.0846. The van der Waals surface area contributed by atoms with Crippen molar-refractivity contribution in [2.75, 3.05) is 11.1 Å². The van der Waals surface area contributed by atoms with Gasteiger partial charge in [-0.25, -0.2) is 0 Å². The van der Waals surface area contributed by atoms with E-state index in [1.807, 2.05) is 6.92 Å². The van der Waals surface area contributed by atoms with E-state index in [9.17, 15) is 4.79 Å². The molecule has 3 N–H and O–H groups in total. The largest absolute Gasteiger partial charge is 0.397 e. The Kier molecular flexibility index (Phi) is 5.82. The van der Waals surface area contributed by atoms with Gasteiger partial charge in [-0.05, 0) is 43.9 Å². The lowest BCUT2D eigenvalue weighted by molar-refractivity contribution is -0.115. The number of hydrogen-bond donors (Lipinski definition) is 2. The number of nitrogen functional groups attached to an aromatic ring is 1. The highest BCUT2D eigenvalue weighted by Gasteiger charge is 2.24. The maximum absolute atomic E-state index is 12.3. The summed E-state index contributed by atoms with van der Waals surface area (Å²) < 4.78 is 0. The maximum Gasteiger partial charge on any atom is 0.237 e. The molecule has 1 saturated carbocycles. The smallest absolute Gasteiger partial charge is 0.237 e. The number of carbonyl (C=O) groups is 1. The molecule has 3 atom stereocenters. The normalized spacial score (nSPS) is 23.6. The van der Waals surface area contributed by atoms with E-state index in [-0.39, 0.29) is 11.2 Å². The van der Waals surface area contributed by atoms with Gasteiger partial charge >= 0.3 is 0 Å². The average Bonchev–Trinajstić information content (AvgIpc) is 2.43. The number of carbonyl (C=O) groups excluding carboxylic acids is 1. The molecule has 2 rings (SSSR count). The van der Waals surface area contributed by atoms with Gasteiger partial charge in [-0.2, -0.15) is 0 Å². The molecule has 0 bridgehead atoms. The van der Waals surface area contributed by atoms with Crippen LogP contribution >= 0.6 is 23.4 Å². The highest BCUT2D eigenvalue weighted by Crippen LogP contribution is 2.34. The Bertz CT molecular complexity index is 509. The molecule has 5 heteroatoms. The van der Waals surface area contributed by atoms with Gasteiger partial charge in [-0.15, -0.1) is 11.8 Å². The first-order chi connectivity index (χ1) is 9.95. The molecular weight excluding hydrogens is 304 g/mol. The molecule has 3 unspecified atom stereocenters. The van der Waals surface area contributed by atoms with E-state index in [2.05, 4.69) is 12.2 Å². The molecule has 0 radical (unpaired) electrons. The Labute approximate surface area is 136 Å². The van der Waals surface area contributed by atoms with Gasteiger partial charge in [0, 0.05) is 10.3 Å². The van der Waals surface area contributed by atoms with Crippen LogP contribution in [0.2, 0.25) is 5.02 Å². The summed E-state index contributed by atoms with van der Waals surface area (Å²) in [5.74, 6) is 0.766. The highest BCUT2D eigenvalue weighted by atomic mass is 35.5. The van der Waals surface area contributed by atoms with Crippen LogP contribution in [0, 0.1) is 5.92 Å². The summed E-state index contributed by atoms with van der Waals surface area (Å²) in [4.78, 5) is 12.3. The van der Waals surface area contributed by atoms with Gasteiger partial charge in [-0.1, -0.05) is 31.4 Å². The van der Waals surface area contributed by atoms with Crippen molar-refractivity contribution in [2.45, 2.75) is 50.0 Å². The van der Waals surface area contributed by atoms with Crippen molar-refractivity contribution in [3.63, 3.8) is 0 Å². The van der Waals surface area contributed by atoms with Crippen LogP contribution in [0.3, 0.4) is 0 Å². The number of thioether (sulfide) groups is 1. The topological polar surface area (TPSA) is 55.1 Å². The number of amides is 1. The van der Waals surface area contributed by atoms with Crippen LogP contribution in [0.25, 0.3) is 0 Å². The Balaban J connectivity index is 1.91. The van der Waals surface area contributed by atoms with E-state index >= 15 is 0 Å². The number of nitrogens with two attached hydrogens (primary N) is 1. The van der Waals surface area contributed by atoms with Gasteiger partial charge in [0.2, 0.25) is 5.91 Å². The van der Waals surface area contributed by atoms with Crippen LogP contribution in [0.5, 0.6) is 0 Å². The molecule has 3 nitrogen and oxygen atoms in total. The van der Waals surface area contributed by atoms with Crippen LogP contribution in [0.1, 0.15) is 39.5 Å². The molecule has 1 aromatic carbocycles. The molecule has 1 aliphatic carbocycles. The highest BCUT2D eigenvalue weighted by molar-refractivity contribution is 8.01. The first-order valence-electron chi connectivity index (χ1n) is 7.47. The third kappa shape index (κ3) is 4.82. The minimum absolute atomic E-state index is 0.00723. The van der Waals surface area contributed by atoms with Crippen molar-refractivity contribution in [1.82, 2.24) is 0 Å². The first kappa shape index (κ1) is 16.5. The summed E-state index contributed by atoms with van der Waals surface area (Å²) >= 11 is 7.72. The van der Waals surface area contributed by atoms with Crippen molar-refractivity contribution in [3.05, 3.63) is 23.2 Å². The van der Waals surface area contributed by atoms with Crippen LogP contribution < -0.4 is 11.1 Å². The molecule has 116 valence electrons. The number of nitrogens with one attached hydrogen (secondary N) is 1. The molecule has 0 saturated heterocycles. The van der Waals surface area contributed by atoms with Crippen LogP contribution in [-0.2, 0) is 4.79 Å². The number of benzene rings is 1. The van der Waals surface area contributed by atoms with E-state index in [4.69, 9.17) is 17.3 Å². The summed E-state index contributed by atoms with van der Waals surface area (Å²) in [6.07, 6.45) is 5.01. The third-order valence-electron chi connectivity index (χ3n) is 3.93. The number of rotatable bonds is 4. The number of anilines is 2. The van der Waals surface area contributed by atoms with Crippen LogP contribution in [0.15, 0.2) is 18.2 Å². The second-order valence-corrected chi connectivity index (χ2v) is 7.98. The van der Waals surface area contributed by atoms with Crippen molar-refractivity contribution in [2.24, 2.45) is 5.92 Å². The van der Waals surface area contributed by atoms with Gasteiger partial charge in [0.25, 0.3) is 0 Å². The molecule has 0 aromatic heterocycles. The molecule has 1 fully saturated rings. The van der Waals surface area contributed by atoms with Gasteiger partial charge < -0.3 is 11.1 Å². The van der Waals surface area contributed by atoms with Crippen LogP contribution in [-0.4, -0.2) is 16.4 Å². The standard InChI is InChI=1S/C16H23ClN2OS/c1-10-4-3-5-13(8-10)21-11(2)16(20)19-15-9-12(17)6-7-14(15)18/h6-7,9-11,13H,3-5,8,18H2,1-2H3,(H,19,20). The fourth-order valence-corrected chi connectivity index (χ4v) is 4.40. The van der Waals surface area contributed by atoms with Crippen molar-refractivity contribution in [1.29, 1.82) is 0 Å². The maximum atomic E-state index is 12.3. The second-order valence-electron chi connectivity index (χ2n) is 5.89. The fourth-order valence-electron chi connectivity index (χ4n) is 2.72. The summed E-state index contributed by atoms with van der Waals surface area (Å²) in [7, 11) is 0. The van der Waals surface area contributed by atoms with Gasteiger partial charge in [0.15, 0.2) is 0 Å². The van der Waals surface area contributed by atoms with E-state index < -0.39 is 0 Å². The van der Waals surface area contributed by atoms with Crippen molar-refractivity contribution < 1.29 is 4.79 Å². The van der Waals surface area contributed by atoms with Gasteiger partial charge in [0.05, 0.1) is 16.6 Å². The zero-order valence-electron chi connectivity index (χ0n) is 12.6. The van der Waals surface area contributed by atoms with E-state index in [0.717, 1.165) is 5.92 Å². The van der Waals surface area contributed by atoms with E-state index in [1.54, 1.807) is 30.0 Å². The molecular formula is C16H23ClN2OS. The molecule has 21 heavy (non-hydrogen) atoms. The molecule has 0 aliphatic heterocycles. The molecule has 0 heterocycles. The summed E-state index contributed by atoms with van der Waals surface area (Å²) in [6, 6.07) is 5.11.